The Kier molecular flexibility index (Phi) is 19.7. The van der Waals surface area contributed by atoms with E-state index in [4.69, 9.17) is 18.9 Å². The van der Waals surface area contributed by atoms with Crippen molar-refractivity contribution in [3.63, 3.8) is 0 Å². The predicted octanol–water partition coefficient (Wildman–Crippen LogP) is 5.92. The Balaban J connectivity index is 0.000000240. The van der Waals surface area contributed by atoms with E-state index in [-0.39, 0.29) is 43.3 Å². The highest BCUT2D eigenvalue weighted by Gasteiger charge is 2.26. The molecular formula is C38H48BrClN2O8. The minimum absolute atomic E-state index is 0. The van der Waals surface area contributed by atoms with E-state index in [1.54, 1.807) is 38.2 Å². The molecule has 12 heteroatoms. The van der Waals surface area contributed by atoms with Gasteiger partial charge in [-0.05, 0) is 53.6 Å². The summed E-state index contributed by atoms with van der Waals surface area (Å²) in [7, 11) is 6.37. The van der Waals surface area contributed by atoms with E-state index in [1.165, 1.54) is 16.7 Å². The van der Waals surface area contributed by atoms with Crippen LogP contribution in [0, 0.1) is 0 Å². The molecule has 1 aliphatic carbocycles. The van der Waals surface area contributed by atoms with Crippen LogP contribution in [0.5, 0.6) is 0 Å². The Morgan fingerprint density at radius 1 is 0.620 bits per heavy atom. The summed E-state index contributed by atoms with van der Waals surface area (Å²) in [6.07, 6.45) is 5.26. The summed E-state index contributed by atoms with van der Waals surface area (Å²) in [4.78, 5) is 48.2. The van der Waals surface area contributed by atoms with Crippen molar-refractivity contribution in [2.45, 2.75) is 57.5 Å². The lowest BCUT2D eigenvalue weighted by atomic mass is 9.91. The van der Waals surface area contributed by atoms with Gasteiger partial charge >= 0.3 is 0 Å². The minimum Gasteiger partial charge on any atom is -0.355 e. The minimum atomic E-state index is -0.384. The zero-order chi connectivity index (χ0) is 35.6. The fourth-order valence-electron chi connectivity index (χ4n) is 5.63. The maximum absolute atomic E-state index is 11.9. The molecule has 0 saturated carbocycles. The maximum Gasteiger partial charge on any atom is 0.227 e. The number of para-hydroxylation sites is 2. The SMILES string of the molecule is COC(CBr)OC.COC(CN1C(=O)CCc2ccccc21)OC.Cl.O=C1CCc2ccccc2C1.O=CCN1C(=O)CCc2ccccc21. The van der Waals surface area contributed by atoms with Gasteiger partial charge in [-0.2, -0.15) is 0 Å². The van der Waals surface area contributed by atoms with E-state index in [9.17, 15) is 19.2 Å². The van der Waals surface area contributed by atoms with Gasteiger partial charge in [0.2, 0.25) is 11.8 Å². The largest absolute Gasteiger partial charge is 0.355 e. The molecule has 3 aliphatic rings. The van der Waals surface area contributed by atoms with Gasteiger partial charge in [-0.1, -0.05) is 76.6 Å². The average Bonchev–Trinajstić information content (AvgIpc) is 3.14. The topological polar surface area (TPSA) is 112 Å². The Morgan fingerprint density at radius 2 is 1.06 bits per heavy atom. The number of ketones is 1. The lowest BCUT2D eigenvalue weighted by Gasteiger charge is -2.31. The molecule has 2 amide bonds. The molecule has 2 aliphatic heterocycles. The number of hydrogen-bond acceptors (Lipinski definition) is 8. The van der Waals surface area contributed by atoms with Crippen LogP contribution in [0.15, 0.2) is 72.8 Å². The Labute approximate surface area is 309 Å². The fourth-order valence-corrected chi connectivity index (χ4v) is 6.16. The number of aryl methyl sites for hydroxylation is 3. The Bertz CT molecular complexity index is 1510. The van der Waals surface area contributed by atoms with Gasteiger partial charge in [0.05, 0.1) is 18.4 Å². The first-order chi connectivity index (χ1) is 23.8. The van der Waals surface area contributed by atoms with E-state index in [0.29, 0.717) is 31.6 Å². The van der Waals surface area contributed by atoms with Crippen LogP contribution in [0.4, 0.5) is 11.4 Å². The summed E-state index contributed by atoms with van der Waals surface area (Å²) in [6, 6.07) is 23.9. The van der Waals surface area contributed by atoms with Crippen LogP contribution < -0.4 is 9.80 Å². The van der Waals surface area contributed by atoms with Gasteiger partial charge in [-0.25, -0.2) is 0 Å². The van der Waals surface area contributed by atoms with Crippen molar-refractivity contribution in [2.24, 2.45) is 0 Å². The first-order valence-electron chi connectivity index (χ1n) is 16.3. The number of ether oxygens (including phenoxy) is 4. The second-order valence-corrected chi connectivity index (χ2v) is 12.0. The highest BCUT2D eigenvalue weighted by Crippen LogP contribution is 2.28. The molecule has 272 valence electrons. The molecule has 0 N–H and O–H groups in total. The number of carbonyl (C=O) groups excluding carboxylic acids is 4. The number of alkyl halides is 1. The number of methoxy groups -OCH3 is 4. The molecule has 0 bridgehead atoms. The molecule has 50 heavy (non-hydrogen) atoms. The van der Waals surface area contributed by atoms with Crippen molar-refractivity contribution < 1.29 is 38.1 Å². The molecule has 0 aromatic heterocycles. The quantitative estimate of drug-likeness (QED) is 0.150. The zero-order valence-corrected chi connectivity index (χ0v) is 31.6. The normalized spacial score (nSPS) is 14.4. The number of carbonyl (C=O) groups is 4. The molecule has 0 fully saturated rings. The Hall–Kier alpha value is -3.45. The van der Waals surface area contributed by atoms with Crippen molar-refractivity contribution in [3.05, 3.63) is 95.1 Å². The van der Waals surface area contributed by atoms with Gasteiger partial charge in [0.15, 0.2) is 12.6 Å². The summed E-state index contributed by atoms with van der Waals surface area (Å²) >= 11 is 3.19. The van der Waals surface area contributed by atoms with Gasteiger partial charge in [0, 0.05) is 65.5 Å². The maximum atomic E-state index is 11.9. The predicted molar refractivity (Wildman–Crippen MR) is 200 cm³/mol. The number of fused-ring (bicyclic) bond motifs is 3. The second kappa shape index (κ2) is 23.1. The molecule has 0 atom stereocenters. The first-order valence-corrected chi connectivity index (χ1v) is 17.4. The average molecular weight is 776 g/mol. The molecule has 6 rings (SSSR count). The Morgan fingerprint density at radius 3 is 1.54 bits per heavy atom. The van der Waals surface area contributed by atoms with Crippen LogP contribution in [0.1, 0.15) is 41.5 Å². The lowest BCUT2D eigenvalue weighted by Crippen LogP contribution is -2.41. The highest BCUT2D eigenvalue weighted by molar-refractivity contribution is 9.09. The second-order valence-electron chi connectivity index (χ2n) is 11.4. The van der Waals surface area contributed by atoms with Crippen LogP contribution in [0.2, 0.25) is 0 Å². The summed E-state index contributed by atoms with van der Waals surface area (Å²) in [6.45, 7) is 0.596. The van der Waals surface area contributed by atoms with E-state index < -0.39 is 0 Å². The number of halogens is 2. The first kappa shape index (κ1) is 42.7. The number of aldehydes is 1. The third kappa shape index (κ3) is 12.7. The van der Waals surface area contributed by atoms with Gasteiger partial charge in [0.1, 0.15) is 12.1 Å². The standard InChI is InChI=1S/C13H17NO3.C11H11NO2.C10H10O.C4H9BrO2.ClH/c1-16-13(17-2)9-14-11-6-4-3-5-10(11)7-8-12(14)15;13-8-7-12-10-4-2-1-3-9(10)5-6-11(12)14;11-10-6-5-8-3-1-2-4-9(8)7-10;1-6-4(3-5)7-2;/h3-6,13H,7-9H2,1-2H3;1-4,8H,5-7H2;1-4H,5-7H2;4H,3H2,1-2H3;1H. The molecule has 3 aromatic rings. The summed E-state index contributed by atoms with van der Waals surface area (Å²) in [5, 5.41) is 0.722. The third-order valence-electron chi connectivity index (χ3n) is 8.33. The van der Waals surface area contributed by atoms with Gasteiger partial charge < -0.3 is 33.5 Å². The number of hydrogen-bond donors (Lipinski definition) is 0. The zero-order valence-electron chi connectivity index (χ0n) is 29.2. The molecule has 0 saturated heterocycles. The molecule has 10 nitrogen and oxygen atoms in total. The lowest BCUT2D eigenvalue weighted by molar-refractivity contribution is -0.123. The van der Waals surface area contributed by atoms with E-state index in [1.807, 2.05) is 60.7 Å². The number of Topliss-reactive ketones (excluding diaryl/α,β-unsaturated/α-hetero) is 1. The van der Waals surface area contributed by atoms with E-state index >= 15 is 0 Å². The molecule has 0 radical (unpaired) electrons. The van der Waals surface area contributed by atoms with Crippen molar-refractivity contribution in [1.29, 1.82) is 0 Å². The van der Waals surface area contributed by atoms with Crippen LogP contribution in [-0.2, 0) is 63.8 Å². The molecule has 0 spiro atoms. The van der Waals surface area contributed by atoms with Crippen molar-refractivity contribution in [2.75, 3.05) is 56.7 Å². The monoisotopic (exact) mass is 774 g/mol. The summed E-state index contributed by atoms with van der Waals surface area (Å²) in [5.41, 5.74) is 6.79. The van der Waals surface area contributed by atoms with E-state index in [0.717, 1.165) is 54.2 Å². The number of amides is 2. The fraction of sp³-hybridized carbons (Fsp3) is 0.421. The summed E-state index contributed by atoms with van der Waals surface area (Å²) in [5.74, 6) is 0.544. The number of rotatable bonds is 9. The van der Waals surface area contributed by atoms with E-state index in [2.05, 4.69) is 28.1 Å². The van der Waals surface area contributed by atoms with Crippen molar-refractivity contribution >= 4 is 63.6 Å². The molecule has 0 unspecified atom stereocenters. The van der Waals surface area contributed by atoms with Crippen LogP contribution in [0.25, 0.3) is 0 Å². The van der Waals surface area contributed by atoms with Crippen LogP contribution in [-0.4, -0.2) is 83.3 Å². The van der Waals surface area contributed by atoms with Crippen molar-refractivity contribution in [3.8, 4) is 0 Å². The third-order valence-corrected chi connectivity index (χ3v) is 8.86. The van der Waals surface area contributed by atoms with Gasteiger partial charge in [-0.15, -0.1) is 12.4 Å². The number of anilines is 2. The number of nitrogens with zero attached hydrogens (tertiary/aromatic N) is 2. The molecule has 3 aromatic carbocycles. The van der Waals surface area contributed by atoms with Gasteiger partial charge in [-0.3, -0.25) is 14.4 Å². The van der Waals surface area contributed by atoms with Crippen LogP contribution >= 0.6 is 28.3 Å². The van der Waals surface area contributed by atoms with Crippen LogP contribution in [0.3, 0.4) is 0 Å². The van der Waals surface area contributed by atoms with Gasteiger partial charge in [0.25, 0.3) is 0 Å². The van der Waals surface area contributed by atoms with Crippen molar-refractivity contribution in [1.82, 2.24) is 0 Å². The molecular weight excluding hydrogens is 728 g/mol. The summed E-state index contributed by atoms with van der Waals surface area (Å²) < 4.78 is 19.9. The number of benzene rings is 3. The highest BCUT2D eigenvalue weighted by atomic mass is 79.9. The smallest absolute Gasteiger partial charge is 0.227 e. The molecule has 2 heterocycles.